The summed E-state index contributed by atoms with van der Waals surface area (Å²) in [6.07, 6.45) is 11.5. The second kappa shape index (κ2) is 18.9. The zero-order valence-electron chi connectivity index (χ0n) is 24.7. The van der Waals surface area contributed by atoms with E-state index in [0.29, 0.717) is 0 Å². The number of hydrogen-bond acceptors (Lipinski definition) is 9. The fourth-order valence-corrected chi connectivity index (χ4v) is 4.83. The van der Waals surface area contributed by atoms with Crippen molar-refractivity contribution >= 4 is 5.97 Å². The highest BCUT2D eigenvalue weighted by Crippen LogP contribution is 2.28. The van der Waals surface area contributed by atoms with Crippen LogP contribution in [0.2, 0.25) is 0 Å². The summed E-state index contributed by atoms with van der Waals surface area (Å²) in [6, 6.07) is 4.65. The highest BCUT2D eigenvalue weighted by atomic mass is 16.7. The van der Waals surface area contributed by atoms with E-state index >= 15 is 0 Å². The molecule has 0 saturated carbocycles. The van der Waals surface area contributed by atoms with Crippen molar-refractivity contribution in [2.75, 3.05) is 6.61 Å². The standard InChI is InChI=1S/C32H50O9/c1-4-22(2)27(40-32-31(38)30(37)29(36)28(41-32)21-39-23(3)33)17-15-13-11-9-7-5-6-8-10-12-14-16-24-18-25(34)20-26(35)19-24/h6,8,10,12,18-20,22,27-32,34-38H,4-5,7,9,11,13-17,21H2,1-3H3/b8-6+,12-10+/t22-,27-,28+,29+,30-,31+,32-/m0/s1. The Balaban J connectivity index is 1.64. The van der Waals surface area contributed by atoms with E-state index in [2.05, 4.69) is 32.1 Å². The van der Waals surface area contributed by atoms with E-state index in [1.165, 1.54) is 13.0 Å². The molecule has 0 bridgehead atoms. The largest absolute Gasteiger partial charge is 0.508 e. The third-order valence-corrected chi connectivity index (χ3v) is 7.51. The Hall–Kier alpha value is -2.43. The maximum Gasteiger partial charge on any atom is 0.302 e. The van der Waals surface area contributed by atoms with E-state index in [1.54, 1.807) is 12.1 Å². The van der Waals surface area contributed by atoms with Gasteiger partial charge < -0.3 is 39.7 Å². The summed E-state index contributed by atoms with van der Waals surface area (Å²) in [7, 11) is 0. The number of rotatable bonds is 18. The number of aryl methyl sites for hydroxylation is 1. The van der Waals surface area contributed by atoms with Crippen molar-refractivity contribution in [2.45, 2.75) is 122 Å². The lowest BCUT2D eigenvalue weighted by molar-refractivity contribution is -0.315. The minimum absolute atomic E-state index is 0.0796. The minimum Gasteiger partial charge on any atom is -0.508 e. The van der Waals surface area contributed by atoms with Crippen LogP contribution in [0.5, 0.6) is 11.5 Å². The molecule has 0 radical (unpaired) electrons. The van der Waals surface area contributed by atoms with Gasteiger partial charge in [-0.25, -0.2) is 0 Å². The normalized spacial score (nSPS) is 24.6. The van der Waals surface area contributed by atoms with Crippen molar-refractivity contribution in [1.82, 2.24) is 0 Å². The highest BCUT2D eigenvalue weighted by Gasteiger charge is 2.45. The maximum absolute atomic E-state index is 11.2. The Bertz CT molecular complexity index is 927. The van der Waals surface area contributed by atoms with Gasteiger partial charge in [-0.2, -0.15) is 0 Å². The number of carbonyl (C=O) groups excluding carboxylic acids is 1. The highest BCUT2D eigenvalue weighted by molar-refractivity contribution is 5.65. The lowest BCUT2D eigenvalue weighted by atomic mass is 9.95. The van der Waals surface area contributed by atoms with Crippen LogP contribution < -0.4 is 0 Å². The molecular formula is C32H50O9. The molecule has 9 heteroatoms. The number of unbranched alkanes of at least 4 members (excludes halogenated alkanes) is 5. The van der Waals surface area contributed by atoms with Crippen LogP contribution in [0.15, 0.2) is 42.5 Å². The van der Waals surface area contributed by atoms with Crippen molar-refractivity contribution in [1.29, 1.82) is 0 Å². The molecule has 1 heterocycles. The average Bonchev–Trinajstić information content (AvgIpc) is 2.93. The van der Waals surface area contributed by atoms with Gasteiger partial charge in [0.2, 0.25) is 0 Å². The van der Waals surface area contributed by atoms with E-state index in [9.17, 15) is 30.3 Å². The first-order valence-corrected chi connectivity index (χ1v) is 14.9. The predicted molar refractivity (Wildman–Crippen MR) is 156 cm³/mol. The number of aliphatic hydroxyl groups excluding tert-OH is 3. The van der Waals surface area contributed by atoms with Gasteiger partial charge in [-0.05, 0) is 55.7 Å². The molecule has 41 heavy (non-hydrogen) atoms. The van der Waals surface area contributed by atoms with Gasteiger partial charge in [0, 0.05) is 13.0 Å². The molecule has 1 saturated heterocycles. The Labute approximate surface area is 244 Å². The van der Waals surface area contributed by atoms with Gasteiger partial charge in [-0.3, -0.25) is 4.79 Å². The Morgan fingerprint density at radius 2 is 1.56 bits per heavy atom. The van der Waals surface area contributed by atoms with E-state index in [-0.39, 0.29) is 30.1 Å². The lowest BCUT2D eigenvalue weighted by Gasteiger charge is -2.41. The number of carbonyl (C=O) groups is 1. The van der Waals surface area contributed by atoms with Crippen LogP contribution >= 0.6 is 0 Å². The van der Waals surface area contributed by atoms with Crippen molar-refractivity contribution in [3.63, 3.8) is 0 Å². The number of benzene rings is 1. The summed E-state index contributed by atoms with van der Waals surface area (Å²) in [5, 5.41) is 50.0. The fourth-order valence-electron chi connectivity index (χ4n) is 4.83. The molecule has 1 aromatic rings. The Morgan fingerprint density at radius 3 is 2.22 bits per heavy atom. The number of ether oxygens (including phenoxy) is 3. The summed E-state index contributed by atoms with van der Waals surface area (Å²) >= 11 is 0. The first-order valence-electron chi connectivity index (χ1n) is 14.9. The molecule has 1 aliphatic rings. The summed E-state index contributed by atoms with van der Waals surface area (Å²) in [6.45, 7) is 5.18. The smallest absolute Gasteiger partial charge is 0.302 e. The molecule has 1 fully saturated rings. The summed E-state index contributed by atoms with van der Waals surface area (Å²) in [5.41, 5.74) is 0.904. The maximum atomic E-state index is 11.2. The van der Waals surface area contributed by atoms with Gasteiger partial charge in [-0.15, -0.1) is 0 Å². The average molecular weight is 579 g/mol. The summed E-state index contributed by atoms with van der Waals surface area (Å²) in [5.74, 6) is -0.149. The zero-order valence-corrected chi connectivity index (χ0v) is 24.7. The quantitative estimate of drug-likeness (QED) is 0.0952. The molecule has 2 rings (SSSR count). The van der Waals surface area contributed by atoms with E-state index in [4.69, 9.17) is 14.2 Å². The van der Waals surface area contributed by atoms with Gasteiger partial charge in [0.1, 0.15) is 42.5 Å². The number of aliphatic hydroxyl groups is 3. The molecule has 232 valence electrons. The second-order valence-corrected chi connectivity index (χ2v) is 11.0. The first kappa shape index (κ1) is 34.8. The van der Waals surface area contributed by atoms with Crippen LogP contribution in [0.4, 0.5) is 0 Å². The topological polar surface area (TPSA) is 146 Å². The number of esters is 1. The van der Waals surface area contributed by atoms with Crippen LogP contribution in [0, 0.1) is 5.92 Å². The Kier molecular flexibility index (Phi) is 16.0. The first-order chi connectivity index (χ1) is 19.6. The van der Waals surface area contributed by atoms with Crippen LogP contribution in [-0.2, 0) is 25.4 Å². The van der Waals surface area contributed by atoms with Crippen molar-refractivity contribution < 1.29 is 44.5 Å². The molecule has 1 aromatic carbocycles. The number of phenolic OH excluding ortho intramolecular Hbond substituents is 2. The van der Waals surface area contributed by atoms with Crippen molar-refractivity contribution in [3.05, 3.63) is 48.1 Å². The molecule has 5 N–H and O–H groups in total. The third-order valence-electron chi connectivity index (χ3n) is 7.51. The minimum atomic E-state index is -1.46. The summed E-state index contributed by atoms with van der Waals surface area (Å²) < 4.78 is 16.8. The van der Waals surface area contributed by atoms with Gasteiger partial charge >= 0.3 is 5.97 Å². The van der Waals surface area contributed by atoms with E-state index in [0.717, 1.165) is 69.8 Å². The van der Waals surface area contributed by atoms with Crippen LogP contribution in [0.25, 0.3) is 0 Å². The van der Waals surface area contributed by atoms with Crippen LogP contribution in [0.1, 0.15) is 84.1 Å². The number of aromatic hydroxyl groups is 2. The fraction of sp³-hybridized carbons (Fsp3) is 0.656. The number of phenols is 2. The number of allylic oxidation sites excluding steroid dienone is 4. The summed E-state index contributed by atoms with van der Waals surface area (Å²) in [4.78, 5) is 11.2. The molecule has 0 unspecified atom stereocenters. The molecule has 0 aliphatic carbocycles. The van der Waals surface area contributed by atoms with Gasteiger partial charge in [0.25, 0.3) is 0 Å². The van der Waals surface area contributed by atoms with Gasteiger partial charge in [0.15, 0.2) is 6.29 Å². The molecule has 7 atom stereocenters. The molecule has 0 amide bonds. The molecule has 1 aliphatic heterocycles. The third kappa shape index (κ3) is 13.0. The second-order valence-electron chi connectivity index (χ2n) is 11.0. The van der Waals surface area contributed by atoms with Crippen LogP contribution in [0.3, 0.4) is 0 Å². The predicted octanol–water partition coefficient (Wildman–Crippen LogP) is 4.68. The molecular weight excluding hydrogens is 528 g/mol. The van der Waals surface area contributed by atoms with E-state index in [1.807, 2.05) is 6.08 Å². The van der Waals surface area contributed by atoms with Gasteiger partial charge in [0.05, 0.1) is 6.10 Å². The molecule has 9 nitrogen and oxygen atoms in total. The Morgan fingerprint density at radius 1 is 0.927 bits per heavy atom. The molecule has 0 spiro atoms. The zero-order chi connectivity index (χ0) is 30.2. The number of hydrogen-bond donors (Lipinski definition) is 5. The van der Waals surface area contributed by atoms with Crippen molar-refractivity contribution in [2.24, 2.45) is 5.92 Å². The lowest BCUT2D eigenvalue weighted by Crippen LogP contribution is -2.60. The monoisotopic (exact) mass is 578 g/mol. The molecule has 0 aromatic heterocycles. The van der Waals surface area contributed by atoms with Crippen LogP contribution in [-0.4, -0.2) is 74.9 Å². The van der Waals surface area contributed by atoms with E-state index < -0.39 is 36.7 Å². The van der Waals surface area contributed by atoms with Gasteiger partial charge in [-0.1, -0.05) is 70.3 Å². The SMILES string of the molecule is CC[C@H](C)[C@H](CCCCCCC/C=C/C=C/CCc1cc(O)cc(O)c1)O[C@H]1O[C@H](COC(C)=O)[C@@H](O)[C@H](O)[C@H]1O. The van der Waals surface area contributed by atoms with Crippen molar-refractivity contribution in [3.8, 4) is 11.5 Å².